The van der Waals surface area contributed by atoms with E-state index in [1.54, 1.807) is 30.5 Å². The van der Waals surface area contributed by atoms with Gasteiger partial charge in [0, 0.05) is 30.5 Å². The van der Waals surface area contributed by atoms with Crippen molar-refractivity contribution in [3.8, 4) is 0 Å². The number of carbonyl (C=O) groups is 2. The van der Waals surface area contributed by atoms with Gasteiger partial charge in [-0.3, -0.25) is 14.6 Å². The molecule has 0 bridgehead atoms. The van der Waals surface area contributed by atoms with E-state index in [4.69, 9.17) is 23.2 Å². The molecule has 0 saturated heterocycles. The highest BCUT2D eigenvalue weighted by Crippen LogP contribution is 2.20. The van der Waals surface area contributed by atoms with E-state index in [0.29, 0.717) is 40.7 Å². The largest absolute Gasteiger partial charge is 0.352 e. The number of pyridine rings is 1. The molecule has 2 amide bonds. The van der Waals surface area contributed by atoms with Gasteiger partial charge < -0.3 is 10.6 Å². The SMILES string of the molecule is O=C(NCCCNC(=O)c1ccc(Cl)cc1Cl)c1cccnc1. The summed E-state index contributed by atoms with van der Waals surface area (Å²) in [6.07, 6.45) is 3.71. The quantitative estimate of drug-likeness (QED) is 0.786. The molecule has 23 heavy (non-hydrogen) atoms. The molecule has 0 aliphatic heterocycles. The summed E-state index contributed by atoms with van der Waals surface area (Å²) in [5, 5.41) is 6.28. The van der Waals surface area contributed by atoms with Crippen LogP contribution in [0.4, 0.5) is 0 Å². The molecule has 2 aromatic rings. The molecule has 0 fully saturated rings. The molecule has 1 heterocycles. The molecule has 7 heteroatoms. The fourth-order valence-electron chi connectivity index (χ4n) is 1.86. The zero-order chi connectivity index (χ0) is 16.7. The maximum absolute atomic E-state index is 12.0. The van der Waals surface area contributed by atoms with E-state index in [1.807, 2.05) is 0 Å². The first-order chi connectivity index (χ1) is 11.1. The van der Waals surface area contributed by atoms with Gasteiger partial charge in [0.2, 0.25) is 0 Å². The van der Waals surface area contributed by atoms with Gasteiger partial charge in [0.15, 0.2) is 0 Å². The topological polar surface area (TPSA) is 71.1 Å². The normalized spacial score (nSPS) is 10.2. The number of amides is 2. The van der Waals surface area contributed by atoms with Gasteiger partial charge in [-0.25, -0.2) is 0 Å². The number of nitrogens with zero attached hydrogens (tertiary/aromatic N) is 1. The van der Waals surface area contributed by atoms with Gasteiger partial charge in [0.05, 0.1) is 16.1 Å². The fraction of sp³-hybridized carbons (Fsp3) is 0.188. The molecule has 0 aliphatic carbocycles. The summed E-state index contributed by atoms with van der Waals surface area (Å²) < 4.78 is 0. The van der Waals surface area contributed by atoms with Gasteiger partial charge in [-0.2, -0.15) is 0 Å². The van der Waals surface area contributed by atoms with Crippen LogP contribution in [0, 0.1) is 0 Å². The molecule has 2 rings (SSSR count). The van der Waals surface area contributed by atoms with E-state index in [0.717, 1.165) is 0 Å². The minimum atomic E-state index is -0.273. The molecule has 0 unspecified atom stereocenters. The Bertz CT molecular complexity index is 693. The minimum Gasteiger partial charge on any atom is -0.352 e. The van der Waals surface area contributed by atoms with Gasteiger partial charge >= 0.3 is 0 Å². The van der Waals surface area contributed by atoms with Gasteiger partial charge in [-0.1, -0.05) is 23.2 Å². The average Bonchev–Trinajstić information content (AvgIpc) is 2.55. The number of hydrogen-bond donors (Lipinski definition) is 2. The Morgan fingerprint density at radius 3 is 2.43 bits per heavy atom. The highest BCUT2D eigenvalue weighted by Gasteiger charge is 2.10. The van der Waals surface area contributed by atoms with Crippen LogP contribution in [0.1, 0.15) is 27.1 Å². The summed E-state index contributed by atoms with van der Waals surface area (Å²) in [5.74, 6) is -0.463. The number of nitrogens with one attached hydrogen (secondary N) is 2. The van der Waals surface area contributed by atoms with E-state index in [9.17, 15) is 9.59 Å². The smallest absolute Gasteiger partial charge is 0.252 e. The third-order valence-corrected chi connectivity index (χ3v) is 3.57. The van der Waals surface area contributed by atoms with E-state index < -0.39 is 0 Å². The summed E-state index contributed by atoms with van der Waals surface area (Å²) in [5.41, 5.74) is 0.875. The van der Waals surface area contributed by atoms with Crippen molar-refractivity contribution in [1.29, 1.82) is 0 Å². The highest BCUT2D eigenvalue weighted by molar-refractivity contribution is 6.36. The number of halogens is 2. The molecule has 0 spiro atoms. The number of carbonyl (C=O) groups excluding carboxylic acids is 2. The average molecular weight is 352 g/mol. The summed E-state index contributed by atoms with van der Waals surface area (Å²) in [7, 11) is 0. The van der Waals surface area contributed by atoms with E-state index >= 15 is 0 Å². The van der Waals surface area contributed by atoms with Crippen LogP contribution in [0.15, 0.2) is 42.7 Å². The maximum atomic E-state index is 12.0. The molecular weight excluding hydrogens is 337 g/mol. The van der Waals surface area contributed by atoms with Crippen molar-refractivity contribution >= 4 is 35.0 Å². The molecule has 0 saturated carbocycles. The van der Waals surface area contributed by atoms with Crippen molar-refractivity contribution in [2.24, 2.45) is 0 Å². The zero-order valence-corrected chi connectivity index (χ0v) is 13.7. The molecule has 0 aliphatic rings. The van der Waals surface area contributed by atoms with Crippen molar-refractivity contribution in [3.63, 3.8) is 0 Å². The monoisotopic (exact) mass is 351 g/mol. The molecular formula is C16H15Cl2N3O2. The van der Waals surface area contributed by atoms with Crippen molar-refractivity contribution in [1.82, 2.24) is 15.6 Å². The lowest BCUT2D eigenvalue weighted by Gasteiger charge is -2.08. The lowest BCUT2D eigenvalue weighted by atomic mass is 10.2. The van der Waals surface area contributed by atoms with Crippen LogP contribution in [-0.4, -0.2) is 29.9 Å². The van der Waals surface area contributed by atoms with E-state index in [2.05, 4.69) is 15.6 Å². The number of benzene rings is 1. The van der Waals surface area contributed by atoms with Crippen LogP contribution < -0.4 is 10.6 Å². The predicted molar refractivity (Wildman–Crippen MR) is 90.0 cm³/mol. The van der Waals surface area contributed by atoms with Gasteiger partial charge in [-0.05, 0) is 36.8 Å². The lowest BCUT2D eigenvalue weighted by Crippen LogP contribution is -2.30. The molecule has 1 aromatic carbocycles. The standard InChI is InChI=1S/C16H15Cl2N3O2/c17-12-4-5-13(14(18)9-12)16(23)21-8-2-7-20-15(22)11-3-1-6-19-10-11/h1,3-6,9-10H,2,7-8H2,(H,20,22)(H,21,23). The molecule has 2 N–H and O–H groups in total. The third kappa shape index (κ3) is 5.23. The van der Waals surface area contributed by atoms with Crippen LogP contribution >= 0.6 is 23.2 Å². The molecule has 1 aromatic heterocycles. The number of rotatable bonds is 6. The predicted octanol–water partition coefficient (Wildman–Crippen LogP) is 2.94. The van der Waals surface area contributed by atoms with Gasteiger partial charge in [0.1, 0.15) is 0 Å². The Balaban J connectivity index is 1.71. The Hall–Kier alpha value is -2.11. The van der Waals surface area contributed by atoms with Crippen LogP contribution in [0.25, 0.3) is 0 Å². The minimum absolute atomic E-state index is 0.190. The first-order valence-corrected chi connectivity index (χ1v) is 7.75. The van der Waals surface area contributed by atoms with Crippen LogP contribution in [0.3, 0.4) is 0 Å². The van der Waals surface area contributed by atoms with Crippen LogP contribution in [0.2, 0.25) is 10.0 Å². The van der Waals surface area contributed by atoms with Crippen molar-refractivity contribution in [2.75, 3.05) is 13.1 Å². The molecule has 0 radical (unpaired) electrons. The Morgan fingerprint density at radius 2 is 1.78 bits per heavy atom. The van der Waals surface area contributed by atoms with Crippen LogP contribution in [0.5, 0.6) is 0 Å². The van der Waals surface area contributed by atoms with Gasteiger partial charge in [-0.15, -0.1) is 0 Å². The highest BCUT2D eigenvalue weighted by atomic mass is 35.5. The first kappa shape index (κ1) is 17.2. The Kier molecular flexibility index (Phi) is 6.38. The van der Waals surface area contributed by atoms with Crippen LogP contribution in [-0.2, 0) is 0 Å². The molecule has 5 nitrogen and oxygen atoms in total. The Morgan fingerprint density at radius 1 is 1.04 bits per heavy atom. The van der Waals surface area contributed by atoms with E-state index in [-0.39, 0.29) is 11.8 Å². The van der Waals surface area contributed by atoms with Gasteiger partial charge in [0.25, 0.3) is 11.8 Å². The van der Waals surface area contributed by atoms with Crippen molar-refractivity contribution in [3.05, 3.63) is 63.9 Å². The summed E-state index contributed by atoms with van der Waals surface area (Å²) >= 11 is 11.8. The Labute approximate surface area is 144 Å². The second kappa shape index (κ2) is 8.50. The zero-order valence-electron chi connectivity index (χ0n) is 12.2. The third-order valence-electron chi connectivity index (χ3n) is 3.02. The molecule has 120 valence electrons. The summed E-state index contributed by atoms with van der Waals surface area (Å²) in [6, 6.07) is 8.09. The van der Waals surface area contributed by atoms with Crippen molar-refractivity contribution in [2.45, 2.75) is 6.42 Å². The van der Waals surface area contributed by atoms with Crippen molar-refractivity contribution < 1.29 is 9.59 Å². The lowest BCUT2D eigenvalue weighted by molar-refractivity contribution is 0.0951. The fourth-order valence-corrected chi connectivity index (χ4v) is 2.35. The first-order valence-electron chi connectivity index (χ1n) is 6.99. The number of aromatic nitrogens is 1. The second-order valence-electron chi connectivity index (χ2n) is 4.73. The maximum Gasteiger partial charge on any atom is 0.252 e. The summed E-state index contributed by atoms with van der Waals surface area (Å²) in [6.45, 7) is 0.869. The second-order valence-corrected chi connectivity index (χ2v) is 5.57. The number of hydrogen-bond acceptors (Lipinski definition) is 3. The van der Waals surface area contributed by atoms with E-state index in [1.165, 1.54) is 12.3 Å². The summed E-state index contributed by atoms with van der Waals surface area (Å²) in [4.78, 5) is 27.6. The molecule has 0 atom stereocenters.